The molecular weight excluding hydrogens is 585 g/mol. The van der Waals surface area contributed by atoms with E-state index in [4.69, 9.17) is 8.83 Å². The van der Waals surface area contributed by atoms with Gasteiger partial charge in [0.05, 0.1) is 17.1 Å². The van der Waals surface area contributed by atoms with E-state index in [1.807, 2.05) is 0 Å². The topological polar surface area (TPSA) is 42.1 Å². The second kappa shape index (κ2) is 8.40. The van der Waals surface area contributed by atoms with E-state index in [2.05, 4.69) is 141 Å². The minimum Gasteiger partial charge on any atom is -0.459 e. The Morgan fingerprint density at radius 3 is 2.23 bits per heavy atom. The molecule has 3 aromatic heterocycles. The monoisotopic (exact) mass is 612 g/mol. The first-order chi connectivity index (χ1) is 23.6. The first-order valence-corrected chi connectivity index (χ1v) is 16.8. The number of hydrogen-bond acceptors (Lipinski definition) is 2. The molecule has 9 aromatic rings. The van der Waals surface area contributed by atoms with Crippen molar-refractivity contribution < 1.29 is 8.83 Å². The zero-order valence-electron chi connectivity index (χ0n) is 26.4. The molecule has 1 N–H and O–H groups in total. The standard InChI is InChI=1S/C44H27BNO2/c1-44(2)30-17-6-3-12-24(30)41-38(44)27-16-9-14-23(40(27)46-41)28-21-29-22-11-4-7-19-32(22)47-42(29)37-36-35-26(15-10-18-31(35)45-39(28)37)34-25-13-5-8-20-33(25)48-43(34)36/h3-21,36,46H,1-2H3. The van der Waals surface area contributed by atoms with Gasteiger partial charge in [-0.1, -0.05) is 122 Å². The normalized spacial score (nSPS) is 16.2. The molecule has 223 valence electrons. The van der Waals surface area contributed by atoms with Crippen molar-refractivity contribution >= 4 is 62.0 Å². The van der Waals surface area contributed by atoms with Gasteiger partial charge in [-0.15, -0.1) is 0 Å². The fourth-order valence-electron chi connectivity index (χ4n) is 9.59. The highest BCUT2D eigenvalue weighted by Gasteiger charge is 2.44. The summed E-state index contributed by atoms with van der Waals surface area (Å²) in [6, 6.07) is 41.7. The molecule has 1 radical (unpaired) electrons. The van der Waals surface area contributed by atoms with Crippen LogP contribution in [0.15, 0.2) is 124 Å². The highest BCUT2D eigenvalue weighted by Crippen LogP contribution is 2.55. The molecule has 4 heteroatoms. The molecule has 2 aliphatic carbocycles. The summed E-state index contributed by atoms with van der Waals surface area (Å²) in [5, 5.41) is 4.73. The van der Waals surface area contributed by atoms with Crippen LogP contribution in [0.2, 0.25) is 0 Å². The van der Waals surface area contributed by atoms with Gasteiger partial charge in [-0.3, -0.25) is 0 Å². The minimum absolute atomic E-state index is 0.0692. The Bertz CT molecular complexity index is 2910. The summed E-state index contributed by atoms with van der Waals surface area (Å²) in [5.41, 5.74) is 19.0. The van der Waals surface area contributed by atoms with Gasteiger partial charge in [-0.05, 0) is 46.0 Å². The Morgan fingerprint density at radius 2 is 1.33 bits per heavy atom. The molecular formula is C44H27BNO2. The van der Waals surface area contributed by atoms with Crippen molar-refractivity contribution in [3.8, 4) is 33.5 Å². The predicted octanol–water partition coefficient (Wildman–Crippen LogP) is 9.92. The number of para-hydroxylation sites is 3. The number of benzene rings is 6. The summed E-state index contributed by atoms with van der Waals surface area (Å²) in [6.07, 6.45) is 0. The second-order valence-electron chi connectivity index (χ2n) is 14.2. The fraction of sp³-hybridized carbons (Fsp3) is 0.0909. The van der Waals surface area contributed by atoms with Gasteiger partial charge in [0.2, 0.25) is 0 Å². The fourth-order valence-corrected chi connectivity index (χ4v) is 9.59. The van der Waals surface area contributed by atoms with Gasteiger partial charge in [0, 0.05) is 49.2 Å². The third kappa shape index (κ3) is 2.86. The van der Waals surface area contributed by atoms with E-state index in [9.17, 15) is 0 Å². The molecule has 0 fully saturated rings. The van der Waals surface area contributed by atoms with Gasteiger partial charge >= 0.3 is 0 Å². The highest BCUT2D eigenvalue weighted by molar-refractivity contribution is 6.71. The van der Waals surface area contributed by atoms with Crippen molar-refractivity contribution in [1.82, 2.24) is 4.98 Å². The molecule has 1 aliphatic heterocycles. The van der Waals surface area contributed by atoms with E-state index >= 15 is 0 Å². The Morgan fingerprint density at radius 1 is 0.625 bits per heavy atom. The molecule has 12 rings (SSSR count). The Hall–Kier alpha value is -5.74. The Kier molecular flexibility index (Phi) is 4.44. The average molecular weight is 613 g/mol. The maximum Gasteiger partial charge on any atom is 0.193 e. The van der Waals surface area contributed by atoms with Crippen LogP contribution in [-0.2, 0) is 5.41 Å². The molecule has 0 spiro atoms. The van der Waals surface area contributed by atoms with Gasteiger partial charge < -0.3 is 13.8 Å². The van der Waals surface area contributed by atoms with Crippen LogP contribution in [0.1, 0.15) is 47.8 Å². The van der Waals surface area contributed by atoms with Gasteiger partial charge in [-0.25, -0.2) is 0 Å². The molecule has 6 aromatic carbocycles. The van der Waals surface area contributed by atoms with Crippen molar-refractivity contribution in [3.63, 3.8) is 0 Å². The number of H-pyrrole nitrogens is 1. The van der Waals surface area contributed by atoms with Crippen LogP contribution in [0, 0.1) is 0 Å². The summed E-state index contributed by atoms with van der Waals surface area (Å²) >= 11 is 0. The second-order valence-corrected chi connectivity index (χ2v) is 14.2. The Labute approximate surface area is 277 Å². The lowest BCUT2D eigenvalue weighted by molar-refractivity contribution is 0.547. The van der Waals surface area contributed by atoms with Crippen LogP contribution >= 0.6 is 0 Å². The first-order valence-electron chi connectivity index (χ1n) is 16.8. The molecule has 0 bridgehead atoms. The van der Waals surface area contributed by atoms with E-state index in [1.165, 1.54) is 83.0 Å². The third-order valence-corrected chi connectivity index (χ3v) is 11.5. The smallest absolute Gasteiger partial charge is 0.193 e. The highest BCUT2D eigenvalue weighted by atomic mass is 16.3. The molecule has 3 nitrogen and oxygen atoms in total. The number of furan rings is 2. The first kappa shape index (κ1) is 25.4. The molecule has 0 amide bonds. The molecule has 0 saturated carbocycles. The zero-order chi connectivity index (χ0) is 31.5. The van der Waals surface area contributed by atoms with Crippen molar-refractivity contribution in [3.05, 3.63) is 143 Å². The van der Waals surface area contributed by atoms with E-state index in [1.54, 1.807) is 0 Å². The number of nitrogens with one attached hydrogen (secondary N) is 1. The summed E-state index contributed by atoms with van der Waals surface area (Å²) in [4.78, 5) is 3.97. The SMILES string of the molecule is CC1(C)c2ccccc2-c2[nH]c3c(-c4cc5c(oc6ccccc65)c5c4[B]c4cccc6c4C5c4oc5ccccc5c4-6)cccc3c21. The van der Waals surface area contributed by atoms with Crippen molar-refractivity contribution in [1.29, 1.82) is 0 Å². The summed E-state index contributed by atoms with van der Waals surface area (Å²) < 4.78 is 13.7. The van der Waals surface area contributed by atoms with Crippen LogP contribution in [0.4, 0.5) is 0 Å². The molecule has 3 aliphatic rings. The van der Waals surface area contributed by atoms with Crippen LogP contribution in [-0.4, -0.2) is 12.3 Å². The number of aromatic nitrogens is 1. The van der Waals surface area contributed by atoms with E-state index < -0.39 is 0 Å². The van der Waals surface area contributed by atoms with Gasteiger partial charge in [0.1, 0.15) is 22.5 Å². The molecule has 1 unspecified atom stereocenters. The summed E-state index contributed by atoms with van der Waals surface area (Å²) in [7, 11) is 2.40. The number of hydrogen-bond donors (Lipinski definition) is 1. The lowest BCUT2D eigenvalue weighted by Crippen LogP contribution is -2.40. The average Bonchev–Trinajstić information content (AvgIpc) is 3.90. The van der Waals surface area contributed by atoms with Gasteiger partial charge in [-0.2, -0.15) is 0 Å². The molecule has 48 heavy (non-hydrogen) atoms. The van der Waals surface area contributed by atoms with Crippen molar-refractivity contribution in [2.75, 3.05) is 0 Å². The lowest BCUT2D eigenvalue weighted by atomic mass is 9.52. The van der Waals surface area contributed by atoms with Crippen LogP contribution in [0.25, 0.3) is 77.3 Å². The molecule has 4 heterocycles. The van der Waals surface area contributed by atoms with Crippen molar-refractivity contribution in [2.24, 2.45) is 0 Å². The van der Waals surface area contributed by atoms with Gasteiger partial charge in [0.25, 0.3) is 0 Å². The quantitative estimate of drug-likeness (QED) is 0.188. The lowest BCUT2D eigenvalue weighted by Gasteiger charge is -2.27. The third-order valence-electron chi connectivity index (χ3n) is 11.5. The summed E-state index contributed by atoms with van der Waals surface area (Å²) in [6.45, 7) is 4.72. The van der Waals surface area contributed by atoms with E-state index in [0.717, 1.165) is 33.3 Å². The number of fused-ring (bicyclic) bond motifs is 16. The van der Waals surface area contributed by atoms with Crippen LogP contribution in [0.5, 0.6) is 0 Å². The minimum atomic E-state index is -0.101. The van der Waals surface area contributed by atoms with E-state index in [0.29, 0.717) is 0 Å². The largest absolute Gasteiger partial charge is 0.459 e. The van der Waals surface area contributed by atoms with E-state index in [-0.39, 0.29) is 11.3 Å². The maximum absolute atomic E-state index is 6.84. The molecule has 1 atom stereocenters. The van der Waals surface area contributed by atoms with Gasteiger partial charge in [0.15, 0.2) is 7.28 Å². The van der Waals surface area contributed by atoms with Crippen molar-refractivity contribution in [2.45, 2.75) is 25.2 Å². The predicted molar refractivity (Wildman–Crippen MR) is 196 cm³/mol. The van der Waals surface area contributed by atoms with Crippen LogP contribution < -0.4 is 10.9 Å². The summed E-state index contributed by atoms with van der Waals surface area (Å²) in [5.74, 6) is 0.947. The molecule has 0 saturated heterocycles. The van der Waals surface area contributed by atoms with Crippen LogP contribution in [0.3, 0.4) is 0 Å². The number of aromatic amines is 1. The zero-order valence-corrected chi connectivity index (χ0v) is 26.4. The number of rotatable bonds is 1. The Balaban J connectivity index is 1.22. The maximum atomic E-state index is 6.84.